The summed E-state index contributed by atoms with van der Waals surface area (Å²) in [6.45, 7) is 7.06. The van der Waals surface area contributed by atoms with Gasteiger partial charge in [-0.05, 0) is 76.3 Å². The van der Waals surface area contributed by atoms with Crippen molar-refractivity contribution >= 4 is 21.8 Å². The third-order valence-corrected chi connectivity index (χ3v) is 8.83. The van der Waals surface area contributed by atoms with E-state index in [0.29, 0.717) is 5.92 Å². The van der Waals surface area contributed by atoms with Crippen LogP contribution >= 0.6 is 0 Å². The first-order valence-corrected chi connectivity index (χ1v) is 12.7. The molecule has 5 aromatic rings. The second-order valence-electron chi connectivity index (χ2n) is 11.0. The average molecular weight is 442 g/mol. The van der Waals surface area contributed by atoms with Crippen LogP contribution in [0.5, 0.6) is 0 Å². The van der Waals surface area contributed by atoms with Crippen molar-refractivity contribution in [3.63, 3.8) is 0 Å². The summed E-state index contributed by atoms with van der Waals surface area (Å²) in [5.74, 6) is 0.685. The molecule has 0 aliphatic heterocycles. The van der Waals surface area contributed by atoms with Crippen LogP contribution in [0.1, 0.15) is 61.3 Å². The van der Waals surface area contributed by atoms with Gasteiger partial charge in [-0.3, -0.25) is 0 Å². The zero-order chi connectivity index (χ0) is 23.2. The van der Waals surface area contributed by atoms with Gasteiger partial charge in [0, 0.05) is 28.8 Å². The van der Waals surface area contributed by atoms with E-state index in [-0.39, 0.29) is 5.41 Å². The molecule has 4 aromatic carbocycles. The molecule has 1 nitrogen and oxygen atoms in total. The summed E-state index contributed by atoms with van der Waals surface area (Å²) >= 11 is 0. The van der Waals surface area contributed by atoms with Crippen molar-refractivity contribution in [1.29, 1.82) is 0 Å². The Bertz CT molecular complexity index is 1620. The van der Waals surface area contributed by atoms with Crippen LogP contribution in [0.4, 0.5) is 0 Å². The average Bonchev–Trinajstić information content (AvgIpc) is 3.22. The fourth-order valence-electron chi connectivity index (χ4n) is 6.88. The van der Waals surface area contributed by atoms with Gasteiger partial charge in [0.25, 0.3) is 0 Å². The van der Waals surface area contributed by atoms with Crippen LogP contribution in [0.3, 0.4) is 0 Å². The molecule has 7 rings (SSSR count). The Balaban J connectivity index is 1.65. The quantitative estimate of drug-likeness (QED) is 0.258. The summed E-state index contributed by atoms with van der Waals surface area (Å²) in [5, 5.41) is 2.84. The molecule has 2 aliphatic carbocycles. The van der Waals surface area contributed by atoms with Gasteiger partial charge in [0.2, 0.25) is 0 Å². The highest BCUT2D eigenvalue weighted by molar-refractivity contribution is 6.18. The Morgan fingerprint density at radius 3 is 2.26 bits per heavy atom. The molecule has 34 heavy (non-hydrogen) atoms. The zero-order valence-corrected chi connectivity index (χ0v) is 20.6. The van der Waals surface area contributed by atoms with Crippen LogP contribution in [0, 0.1) is 6.92 Å². The van der Waals surface area contributed by atoms with Crippen molar-refractivity contribution in [1.82, 2.24) is 4.57 Å². The van der Waals surface area contributed by atoms with Gasteiger partial charge < -0.3 is 4.57 Å². The van der Waals surface area contributed by atoms with E-state index in [1.165, 1.54) is 80.0 Å². The largest absolute Gasteiger partial charge is 0.343 e. The van der Waals surface area contributed by atoms with Gasteiger partial charge in [0.05, 0.1) is 5.52 Å². The van der Waals surface area contributed by atoms with Gasteiger partial charge in [-0.1, -0.05) is 87.0 Å². The summed E-state index contributed by atoms with van der Waals surface area (Å²) in [4.78, 5) is 0. The molecule has 0 amide bonds. The predicted molar refractivity (Wildman–Crippen MR) is 145 cm³/mol. The zero-order valence-electron chi connectivity index (χ0n) is 20.6. The van der Waals surface area contributed by atoms with Crippen LogP contribution in [0.2, 0.25) is 0 Å². The van der Waals surface area contributed by atoms with E-state index in [2.05, 4.69) is 105 Å². The number of rotatable bonds is 2. The molecule has 1 fully saturated rings. The van der Waals surface area contributed by atoms with E-state index >= 15 is 0 Å². The highest BCUT2D eigenvalue weighted by atomic mass is 14.9. The number of aromatic nitrogens is 1. The molecule has 168 valence electrons. The smallest absolute Gasteiger partial charge is 0.0536 e. The minimum Gasteiger partial charge on any atom is -0.343 e. The predicted octanol–water partition coefficient (Wildman–Crippen LogP) is 8.88. The van der Waals surface area contributed by atoms with Crippen molar-refractivity contribution in [3.8, 4) is 22.3 Å². The first-order valence-electron chi connectivity index (χ1n) is 12.7. The fourth-order valence-corrected chi connectivity index (χ4v) is 6.88. The standard InChI is InChI=1S/C33H31N/c1-20-10-5-6-13-22(20)29-23(21-11-9-12-21)18-19-28-30(29)26-17-16-25-24-14-7-8-15-27(24)33(2,3)31(25)32(26)34(28)4/h5-8,10,13-19,21H,9,11-12H2,1-4H3. The number of hydrogen-bond acceptors (Lipinski definition) is 0. The van der Waals surface area contributed by atoms with Gasteiger partial charge in [-0.2, -0.15) is 0 Å². The van der Waals surface area contributed by atoms with Gasteiger partial charge in [0.1, 0.15) is 0 Å². The van der Waals surface area contributed by atoms with Crippen molar-refractivity contribution < 1.29 is 0 Å². The minimum absolute atomic E-state index is 0.0206. The van der Waals surface area contributed by atoms with Crippen LogP contribution in [0.15, 0.2) is 72.8 Å². The van der Waals surface area contributed by atoms with Crippen molar-refractivity contribution in [2.75, 3.05) is 0 Å². The maximum atomic E-state index is 2.48. The number of nitrogens with zero attached hydrogens (tertiary/aromatic N) is 1. The lowest BCUT2D eigenvalue weighted by atomic mass is 9.75. The summed E-state index contributed by atoms with van der Waals surface area (Å²) in [7, 11) is 2.27. The molecule has 1 aromatic heterocycles. The number of fused-ring (bicyclic) bond motifs is 7. The minimum atomic E-state index is -0.0206. The molecule has 0 bridgehead atoms. The Labute approximate surface area is 202 Å². The molecular weight excluding hydrogens is 410 g/mol. The SMILES string of the molecule is Cc1ccccc1-c1c(C2CCC2)ccc2c1c1ccc3c(c1n2C)C(C)(C)c1ccccc1-3. The summed E-state index contributed by atoms with van der Waals surface area (Å²) in [5.41, 5.74) is 14.2. The summed E-state index contributed by atoms with van der Waals surface area (Å²) in [6.07, 6.45) is 3.98. The van der Waals surface area contributed by atoms with Gasteiger partial charge in [-0.25, -0.2) is 0 Å². The molecule has 2 aliphatic rings. The second-order valence-corrected chi connectivity index (χ2v) is 11.0. The van der Waals surface area contributed by atoms with Crippen LogP contribution in [-0.2, 0) is 12.5 Å². The Morgan fingerprint density at radius 2 is 1.53 bits per heavy atom. The maximum absolute atomic E-state index is 2.48. The number of benzene rings is 4. The Hall–Kier alpha value is -3.32. The van der Waals surface area contributed by atoms with E-state index in [4.69, 9.17) is 0 Å². The Morgan fingerprint density at radius 1 is 0.794 bits per heavy atom. The summed E-state index contributed by atoms with van der Waals surface area (Å²) < 4.78 is 2.48. The lowest BCUT2D eigenvalue weighted by Gasteiger charge is -2.29. The lowest BCUT2D eigenvalue weighted by molar-refractivity contribution is 0.421. The van der Waals surface area contributed by atoms with Crippen molar-refractivity contribution in [3.05, 3.63) is 95.1 Å². The number of aryl methyl sites for hydroxylation is 2. The molecule has 0 atom stereocenters. The van der Waals surface area contributed by atoms with E-state index in [1.54, 1.807) is 5.56 Å². The van der Waals surface area contributed by atoms with E-state index < -0.39 is 0 Å². The van der Waals surface area contributed by atoms with Gasteiger partial charge in [-0.15, -0.1) is 0 Å². The molecule has 0 saturated heterocycles. The van der Waals surface area contributed by atoms with Crippen LogP contribution in [0.25, 0.3) is 44.1 Å². The van der Waals surface area contributed by atoms with E-state index in [9.17, 15) is 0 Å². The van der Waals surface area contributed by atoms with E-state index in [0.717, 1.165) is 0 Å². The van der Waals surface area contributed by atoms with Crippen molar-refractivity contribution in [2.45, 2.75) is 51.4 Å². The van der Waals surface area contributed by atoms with Crippen molar-refractivity contribution in [2.24, 2.45) is 7.05 Å². The molecular formula is C33H31N. The van der Waals surface area contributed by atoms with Crippen LogP contribution < -0.4 is 0 Å². The first kappa shape index (κ1) is 20.1. The number of hydrogen-bond donors (Lipinski definition) is 0. The molecule has 1 saturated carbocycles. The summed E-state index contributed by atoms with van der Waals surface area (Å²) in [6, 6.07) is 27.6. The normalized spacial score (nSPS) is 16.6. The molecule has 0 radical (unpaired) electrons. The van der Waals surface area contributed by atoms with E-state index in [1.807, 2.05) is 0 Å². The molecule has 1 heteroatoms. The highest BCUT2D eigenvalue weighted by Gasteiger charge is 2.38. The Kier molecular flexibility index (Phi) is 4.05. The molecule has 1 heterocycles. The lowest BCUT2D eigenvalue weighted by Crippen LogP contribution is -2.16. The molecule has 0 unspecified atom stereocenters. The second kappa shape index (κ2) is 6.85. The van der Waals surface area contributed by atoms with Gasteiger partial charge >= 0.3 is 0 Å². The molecule has 0 N–H and O–H groups in total. The topological polar surface area (TPSA) is 4.93 Å². The first-order chi connectivity index (χ1) is 16.5. The molecule has 0 spiro atoms. The maximum Gasteiger partial charge on any atom is 0.0536 e. The third-order valence-electron chi connectivity index (χ3n) is 8.83. The highest BCUT2D eigenvalue weighted by Crippen LogP contribution is 2.54. The van der Waals surface area contributed by atoms with Crippen LogP contribution in [-0.4, -0.2) is 4.57 Å². The fraction of sp³-hybridized carbons (Fsp3) is 0.273. The third kappa shape index (κ3) is 2.45. The monoisotopic (exact) mass is 441 g/mol. The van der Waals surface area contributed by atoms with Gasteiger partial charge in [0.15, 0.2) is 0 Å².